The molecule has 0 bridgehead atoms. The van der Waals surface area contributed by atoms with Gasteiger partial charge in [0.1, 0.15) is 12.6 Å². The highest BCUT2D eigenvalue weighted by atomic mass is 32.2. The molecule has 1 spiro atoms. The predicted molar refractivity (Wildman–Crippen MR) is 123 cm³/mol. The zero-order chi connectivity index (χ0) is 23.1. The second-order valence-electron chi connectivity index (χ2n) is 9.69. The molecule has 4 heterocycles. The molecule has 0 aliphatic carbocycles. The van der Waals surface area contributed by atoms with Crippen molar-refractivity contribution in [1.82, 2.24) is 9.80 Å². The molecule has 2 saturated heterocycles. The number of rotatable bonds is 7. The SMILES string of the molecule is CC(C)N1CC=C[C@]23S[C@]4(C)C=CCOC(=O)[C@@H]4[C@H]2C(=O)N(CCCCCCO)C3C1=O. The van der Waals surface area contributed by atoms with Crippen LogP contribution in [-0.4, -0.2) is 80.6 Å². The average molecular weight is 463 g/mol. The Labute approximate surface area is 194 Å². The number of amides is 2. The van der Waals surface area contributed by atoms with E-state index >= 15 is 0 Å². The molecule has 4 rings (SSSR count). The van der Waals surface area contributed by atoms with E-state index in [2.05, 4.69) is 0 Å². The lowest BCUT2D eigenvalue weighted by Crippen LogP contribution is -2.54. The highest BCUT2D eigenvalue weighted by Gasteiger charge is 2.73. The van der Waals surface area contributed by atoms with Crippen molar-refractivity contribution in [3.8, 4) is 0 Å². The zero-order valence-electron chi connectivity index (χ0n) is 19.2. The number of ether oxygens (including phenoxy) is 1. The number of unbranched alkanes of at least 4 members (excludes halogenated alkanes) is 3. The predicted octanol–water partition coefficient (Wildman–Crippen LogP) is 2.15. The van der Waals surface area contributed by atoms with E-state index in [1.807, 2.05) is 50.0 Å². The number of nitrogens with zero attached hydrogens (tertiary/aromatic N) is 2. The monoisotopic (exact) mass is 462 g/mol. The standard InChI is InChI=1S/C24H34N2O5S/c1-16(2)25-13-8-11-24-17(18-22(30)31-15-9-10-23(18,3)32-24)20(28)26(19(24)21(25)29)12-6-4-5-7-14-27/h8-11,16-19,27H,4-7,12-15H2,1-3H3/t17-,18-,19?,23+,24-/m0/s1. The lowest BCUT2D eigenvalue weighted by Gasteiger charge is -2.37. The summed E-state index contributed by atoms with van der Waals surface area (Å²) in [5.41, 5.74) is 0. The van der Waals surface area contributed by atoms with E-state index in [0.29, 0.717) is 13.1 Å². The summed E-state index contributed by atoms with van der Waals surface area (Å²) in [6.45, 7) is 7.33. The van der Waals surface area contributed by atoms with Gasteiger partial charge in [-0.15, -0.1) is 11.8 Å². The third kappa shape index (κ3) is 3.59. The Hall–Kier alpha value is -1.80. The van der Waals surface area contributed by atoms with E-state index in [4.69, 9.17) is 9.84 Å². The average Bonchev–Trinajstić information content (AvgIpc) is 2.98. The van der Waals surface area contributed by atoms with Gasteiger partial charge in [0.2, 0.25) is 11.8 Å². The molecule has 0 saturated carbocycles. The molecule has 1 N–H and O–H groups in total. The van der Waals surface area contributed by atoms with Gasteiger partial charge in [0, 0.05) is 30.5 Å². The van der Waals surface area contributed by atoms with Crippen LogP contribution in [0.1, 0.15) is 46.5 Å². The van der Waals surface area contributed by atoms with Gasteiger partial charge in [0.25, 0.3) is 0 Å². The summed E-state index contributed by atoms with van der Waals surface area (Å²) in [7, 11) is 0. The van der Waals surface area contributed by atoms with E-state index in [1.165, 1.54) is 0 Å². The van der Waals surface area contributed by atoms with Gasteiger partial charge in [0.05, 0.1) is 16.6 Å². The largest absolute Gasteiger partial charge is 0.461 e. The second-order valence-corrected chi connectivity index (χ2v) is 11.5. The molecule has 5 atom stereocenters. The third-order valence-corrected chi connectivity index (χ3v) is 9.07. The molecule has 7 nitrogen and oxygen atoms in total. The van der Waals surface area contributed by atoms with E-state index in [-0.39, 0.29) is 37.0 Å². The fourth-order valence-corrected chi connectivity index (χ4v) is 7.98. The van der Waals surface area contributed by atoms with Crippen LogP contribution in [0, 0.1) is 11.8 Å². The van der Waals surface area contributed by atoms with E-state index in [0.717, 1.165) is 25.7 Å². The maximum absolute atomic E-state index is 13.9. The second kappa shape index (κ2) is 8.86. The maximum Gasteiger partial charge on any atom is 0.311 e. The quantitative estimate of drug-likeness (QED) is 0.354. The van der Waals surface area contributed by atoms with E-state index in [1.54, 1.807) is 16.7 Å². The Balaban J connectivity index is 1.74. The molecular weight excluding hydrogens is 428 g/mol. The molecule has 2 fully saturated rings. The number of aliphatic hydroxyl groups is 1. The topological polar surface area (TPSA) is 87.2 Å². The van der Waals surface area contributed by atoms with Gasteiger partial charge in [-0.1, -0.05) is 31.1 Å². The molecule has 0 aromatic carbocycles. The van der Waals surface area contributed by atoms with Crippen molar-refractivity contribution in [3.63, 3.8) is 0 Å². The summed E-state index contributed by atoms with van der Waals surface area (Å²) in [6.07, 6.45) is 11.2. The van der Waals surface area contributed by atoms with Crippen LogP contribution in [0.25, 0.3) is 0 Å². The van der Waals surface area contributed by atoms with Crippen LogP contribution in [0.3, 0.4) is 0 Å². The van der Waals surface area contributed by atoms with Gasteiger partial charge >= 0.3 is 5.97 Å². The van der Waals surface area contributed by atoms with Crippen molar-refractivity contribution in [1.29, 1.82) is 0 Å². The van der Waals surface area contributed by atoms with E-state index < -0.39 is 27.4 Å². The number of cyclic esters (lactones) is 1. The van der Waals surface area contributed by atoms with Gasteiger partial charge < -0.3 is 19.6 Å². The normalized spacial score (nSPS) is 36.2. The number of hydrogen-bond acceptors (Lipinski definition) is 6. The summed E-state index contributed by atoms with van der Waals surface area (Å²) >= 11 is 1.58. The van der Waals surface area contributed by atoms with Crippen LogP contribution in [0.5, 0.6) is 0 Å². The van der Waals surface area contributed by atoms with Crippen molar-refractivity contribution >= 4 is 29.5 Å². The van der Waals surface area contributed by atoms with Crippen LogP contribution < -0.4 is 0 Å². The minimum absolute atomic E-state index is 0.0141. The molecule has 4 aliphatic heterocycles. The summed E-state index contributed by atoms with van der Waals surface area (Å²) in [4.78, 5) is 44.4. The van der Waals surface area contributed by atoms with Crippen molar-refractivity contribution in [3.05, 3.63) is 24.3 Å². The number of likely N-dealkylation sites (tertiary alicyclic amines) is 1. The van der Waals surface area contributed by atoms with Gasteiger partial charge in [-0.05, 0) is 39.7 Å². The molecule has 8 heteroatoms. The minimum atomic E-state index is -0.789. The fraction of sp³-hybridized carbons (Fsp3) is 0.708. The Morgan fingerprint density at radius 1 is 1.09 bits per heavy atom. The summed E-state index contributed by atoms with van der Waals surface area (Å²) in [5.74, 6) is -1.75. The molecule has 0 aromatic heterocycles. The molecular formula is C24H34N2O5S. The number of fused-ring (bicyclic) bond motifs is 2. The van der Waals surface area contributed by atoms with Crippen molar-refractivity contribution in [2.75, 3.05) is 26.3 Å². The van der Waals surface area contributed by atoms with Gasteiger partial charge in [-0.3, -0.25) is 14.4 Å². The maximum atomic E-state index is 13.9. The zero-order valence-corrected chi connectivity index (χ0v) is 20.0. The Morgan fingerprint density at radius 3 is 2.56 bits per heavy atom. The van der Waals surface area contributed by atoms with Crippen molar-refractivity contribution in [2.24, 2.45) is 11.8 Å². The fourth-order valence-electron chi connectivity index (χ4n) is 5.82. The first-order valence-corrected chi connectivity index (χ1v) is 12.5. The van der Waals surface area contributed by atoms with Crippen LogP contribution in [0.15, 0.2) is 24.3 Å². The number of carbonyl (C=O) groups excluding carboxylic acids is 3. The van der Waals surface area contributed by atoms with Crippen LogP contribution in [-0.2, 0) is 19.1 Å². The smallest absolute Gasteiger partial charge is 0.311 e. The minimum Gasteiger partial charge on any atom is -0.461 e. The van der Waals surface area contributed by atoms with Crippen molar-refractivity contribution < 1.29 is 24.2 Å². The van der Waals surface area contributed by atoms with E-state index in [9.17, 15) is 14.4 Å². The number of carbonyl (C=O) groups is 3. The lowest BCUT2D eigenvalue weighted by atomic mass is 9.75. The van der Waals surface area contributed by atoms with Gasteiger partial charge in [0.15, 0.2) is 0 Å². The molecule has 1 unspecified atom stereocenters. The molecule has 32 heavy (non-hydrogen) atoms. The van der Waals surface area contributed by atoms with Crippen LogP contribution in [0.2, 0.25) is 0 Å². The number of hydrogen-bond donors (Lipinski definition) is 1. The first kappa shape index (κ1) is 23.4. The lowest BCUT2D eigenvalue weighted by molar-refractivity contribution is -0.152. The summed E-state index contributed by atoms with van der Waals surface area (Å²) < 4.78 is 4.05. The van der Waals surface area contributed by atoms with Crippen LogP contribution in [0.4, 0.5) is 0 Å². The van der Waals surface area contributed by atoms with Gasteiger partial charge in [-0.2, -0.15) is 0 Å². The van der Waals surface area contributed by atoms with Crippen molar-refractivity contribution in [2.45, 2.75) is 68.0 Å². The van der Waals surface area contributed by atoms with Crippen LogP contribution >= 0.6 is 11.8 Å². The first-order valence-electron chi connectivity index (χ1n) is 11.7. The third-order valence-electron chi connectivity index (χ3n) is 7.27. The molecule has 4 aliphatic rings. The number of thioether (sulfide) groups is 1. The Bertz CT molecular complexity index is 842. The number of esters is 1. The van der Waals surface area contributed by atoms with Gasteiger partial charge in [-0.25, -0.2) is 0 Å². The summed E-state index contributed by atoms with van der Waals surface area (Å²) in [5, 5.41) is 9.04. The Morgan fingerprint density at radius 2 is 1.84 bits per heavy atom. The molecule has 0 radical (unpaired) electrons. The summed E-state index contributed by atoms with van der Waals surface area (Å²) in [6, 6.07) is -0.617. The first-order chi connectivity index (χ1) is 15.3. The molecule has 2 amide bonds. The molecule has 176 valence electrons. The highest BCUT2D eigenvalue weighted by molar-refractivity contribution is 8.02. The highest BCUT2D eigenvalue weighted by Crippen LogP contribution is 2.65. The molecule has 0 aromatic rings. The Kier molecular flexibility index (Phi) is 6.47. The number of aliphatic hydroxyl groups excluding tert-OH is 1.